The molecule has 0 aliphatic heterocycles. The molecule has 2 N–H and O–H groups in total. The predicted molar refractivity (Wildman–Crippen MR) is 118 cm³/mol. The first kappa shape index (κ1) is 23.6. The van der Waals surface area contributed by atoms with E-state index in [9.17, 15) is 10.2 Å². The first-order chi connectivity index (χ1) is 13.7. The molecule has 0 spiro atoms. The SMILES string of the molecule is C1CCCC1.CCC(=C(c1ccc(O)cc1)c1ccc(O)cc1)C1CCCC1.[Fe]. The molecule has 0 aromatic heterocycles. The Hall–Kier alpha value is -1.70. The van der Waals surface area contributed by atoms with Crippen LogP contribution in [0.4, 0.5) is 0 Å². The van der Waals surface area contributed by atoms with Crippen molar-refractivity contribution in [3.8, 4) is 11.5 Å². The Morgan fingerprint density at radius 2 is 1.07 bits per heavy atom. The van der Waals surface area contributed by atoms with Gasteiger partial charge in [-0.2, -0.15) is 0 Å². The Morgan fingerprint density at radius 3 is 1.41 bits per heavy atom. The second kappa shape index (κ2) is 12.1. The molecule has 2 aliphatic rings. The van der Waals surface area contributed by atoms with E-state index in [0.717, 1.165) is 17.5 Å². The van der Waals surface area contributed by atoms with Crippen molar-refractivity contribution in [2.75, 3.05) is 0 Å². The summed E-state index contributed by atoms with van der Waals surface area (Å²) in [6, 6.07) is 14.9. The van der Waals surface area contributed by atoms with E-state index >= 15 is 0 Å². The molecule has 2 aliphatic carbocycles. The van der Waals surface area contributed by atoms with Gasteiger partial charge in [0.15, 0.2) is 0 Å². The summed E-state index contributed by atoms with van der Waals surface area (Å²) in [5.74, 6) is 1.23. The van der Waals surface area contributed by atoms with E-state index in [1.165, 1.54) is 68.9 Å². The smallest absolute Gasteiger partial charge is 0.115 e. The molecule has 4 rings (SSSR count). The number of hydrogen-bond acceptors (Lipinski definition) is 2. The fraction of sp³-hybridized carbons (Fsp3) is 0.462. The van der Waals surface area contributed by atoms with Gasteiger partial charge < -0.3 is 10.2 Å². The van der Waals surface area contributed by atoms with Crippen molar-refractivity contribution < 1.29 is 27.3 Å². The summed E-state index contributed by atoms with van der Waals surface area (Å²) >= 11 is 0. The normalized spacial score (nSPS) is 15.9. The van der Waals surface area contributed by atoms with Crippen LogP contribution in [0.3, 0.4) is 0 Å². The van der Waals surface area contributed by atoms with E-state index in [1.54, 1.807) is 24.3 Å². The number of phenolic OH excluding ortho intramolecular Hbond substituents is 2. The molecule has 3 heteroatoms. The van der Waals surface area contributed by atoms with Gasteiger partial charge in [-0.25, -0.2) is 0 Å². The predicted octanol–water partition coefficient (Wildman–Crippen LogP) is 7.45. The first-order valence-electron chi connectivity index (χ1n) is 11.0. The minimum absolute atomic E-state index is 0. The minimum atomic E-state index is 0. The third-order valence-electron chi connectivity index (χ3n) is 6.11. The van der Waals surface area contributed by atoms with Gasteiger partial charge in [0.1, 0.15) is 11.5 Å². The van der Waals surface area contributed by atoms with Gasteiger partial charge in [0.05, 0.1) is 0 Å². The topological polar surface area (TPSA) is 40.5 Å². The zero-order valence-corrected chi connectivity index (χ0v) is 18.6. The van der Waals surface area contributed by atoms with Crippen molar-refractivity contribution in [3.05, 3.63) is 65.2 Å². The molecular weight excluding hydrogens is 400 g/mol. The number of hydrogen-bond donors (Lipinski definition) is 2. The number of rotatable bonds is 4. The Bertz CT molecular complexity index is 697. The molecule has 158 valence electrons. The summed E-state index contributed by atoms with van der Waals surface area (Å²) in [5, 5.41) is 19.2. The Labute approximate surface area is 186 Å². The van der Waals surface area contributed by atoms with Crippen molar-refractivity contribution in [1.82, 2.24) is 0 Å². The molecule has 2 nitrogen and oxygen atoms in total. The third kappa shape index (κ3) is 6.66. The van der Waals surface area contributed by atoms with Crippen molar-refractivity contribution in [3.63, 3.8) is 0 Å². The average molecular weight is 434 g/mol. The van der Waals surface area contributed by atoms with Gasteiger partial charge >= 0.3 is 0 Å². The van der Waals surface area contributed by atoms with Crippen molar-refractivity contribution in [2.45, 2.75) is 71.1 Å². The van der Waals surface area contributed by atoms with E-state index < -0.39 is 0 Å². The van der Waals surface area contributed by atoms with Crippen LogP contribution in [0, 0.1) is 5.92 Å². The fourth-order valence-electron chi connectivity index (χ4n) is 4.62. The standard InChI is InChI=1S/C21H24O2.C5H10.Fe/c1-2-20(15-5-3-4-6-15)21(16-7-11-18(22)12-8-16)17-9-13-19(23)14-10-17;1-2-4-5-3-1;/h7-15,22-23H,2-6H2,1H3;1-5H2;. The van der Waals surface area contributed by atoms with Crippen LogP contribution in [0.1, 0.15) is 82.3 Å². The van der Waals surface area contributed by atoms with Crippen LogP contribution >= 0.6 is 0 Å². The van der Waals surface area contributed by atoms with Gasteiger partial charge in [-0.15, -0.1) is 0 Å². The molecule has 29 heavy (non-hydrogen) atoms. The van der Waals surface area contributed by atoms with Crippen LogP contribution < -0.4 is 0 Å². The quantitative estimate of drug-likeness (QED) is 0.491. The minimum Gasteiger partial charge on any atom is -0.508 e. The van der Waals surface area contributed by atoms with E-state index in [1.807, 2.05) is 24.3 Å². The molecule has 2 aromatic rings. The molecule has 0 bridgehead atoms. The zero-order chi connectivity index (χ0) is 19.8. The van der Waals surface area contributed by atoms with Crippen molar-refractivity contribution in [2.24, 2.45) is 5.92 Å². The van der Waals surface area contributed by atoms with Crippen LogP contribution in [0.5, 0.6) is 11.5 Å². The maximum Gasteiger partial charge on any atom is 0.115 e. The van der Waals surface area contributed by atoms with Crippen LogP contribution in [-0.2, 0) is 17.1 Å². The molecule has 0 unspecified atom stereocenters. The van der Waals surface area contributed by atoms with E-state index in [0.29, 0.717) is 5.92 Å². The molecule has 0 atom stereocenters. The molecular formula is C26H34FeO2. The molecule has 2 saturated carbocycles. The monoisotopic (exact) mass is 434 g/mol. The van der Waals surface area contributed by atoms with E-state index in [4.69, 9.17) is 0 Å². The van der Waals surface area contributed by atoms with Gasteiger partial charge in [-0.3, -0.25) is 0 Å². The van der Waals surface area contributed by atoms with Crippen LogP contribution in [-0.4, -0.2) is 10.2 Å². The summed E-state index contributed by atoms with van der Waals surface area (Å²) in [6.45, 7) is 2.23. The Balaban J connectivity index is 0.000000437. The van der Waals surface area contributed by atoms with E-state index in [2.05, 4.69) is 6.92 Å². The summed E-state index contributed by atoms with van der Waals surface area (Å²) in [6.07, 6.45) is 13.7. The molecule has 0 amide bonds. The molecule has 2 aromatic carbocycles. The van der Waals surface area contributed by atoms with Crippen LogP contribution in [0.15, 0.2) is 54.1 Å². The summed E-state index contributed by atoms with van der Waals surface area (Å²) in [4.78, 5) is 0. The number of benzene rings is 2. The largest absolute Gasteiger partial charge is 0.508 e. The van der Waals surface area contributed by atoms with E-state index in [-0.39, 0.29) is 28.6 Å². The number of phenols is 2. The van der Waals surface area contributed by atoms with Crippen molar-refractivity contribution >= 4 is 5.57 Å². The van der Waals surface area contributed by atoms with Gasteiger partial charge in [0, 0.05) is 17.1 Å². The van der Waals surface area contributed by atoms with Crippen LogP contribution in [0.25, 0.3) is 5.57 Å². The number of aromatic hydroxyl groups is 2. The second-order valence-electron chi connectivity index (χ2n) is 8.10. The summed E-state index contributed by atoms with van der Waals surface area (Å²) < 4.78 is 0. The first-order valence-corrected chi connectivity index (χ1v) is 11.0. The van der Waals surface area contributed by atoms with Crippen LogP contribution in [0.2, 0.25) is 0 Å². The van der Waals surface area contributed by atoms with Gasteiger partial charge in [-0.05, 0) is 66.1 Å². The van der Waals surface area contributed by atoms with Crippen molar-refractivity contribution in [1.29, 1.82) is 0 Å². The third-order valence-corrected chi connectivity index (χ3v) is 6.11. The molecule has 0 radical (unpaired) electrons. The zero-order valence-electron chi connectivity index (χ0n) is 17.5. The van der Waals surface area contributed by atoms with Gasteiger partial charge in [-0.1, -0.05) is 81.7 Å². The molecule has 0 heterocycles. The molecule has 0 saturated heterocycles. The van der Waals surface area contributed by atoms with Gasteiger partial charge in [0.25, 0.3) is 0 Å². The Morgan fingerprint density at radius 1 is 0.690 bits per heavy atom. The number of allylic oxidation sites excluding steroid dienone is 1. The average Bonchev–Trinajstić information content (AvgIpc) is 3.45. The maximum absolute atomic E-state index is 9.60. The second-order valence-corrected chi connectivity index (χ2v) is 8.10. The fourth-order valence-corrected chi connectivity index (χ4v) is 4.62. The van der Waals surface area contributed by atoms with Gasteiger partial charge in [0.2, 0.25) is 0 Å². The maximum atomic E-state index is 9.60. The Kier molecular flexibility index (Phi) is 9.84. The summed E-state index contributed by atoms with van der Waals surface area (Å²) in [7, 11) is 0. The molecule has 2 fully saturated rings. The summed E-state index contributed by atoms with van der Waals surface area (Å²) in [5.41, 5.74) is 5.03.